The van der Waals surface area contributed by atoms with E-state index >= 15 is 0 Å². The molecule has 1 heterocycles. The zero-order valence-electron chi connectivity index (χ0n) is 12.7. The van der Waals surface area contributed by atoms with E-state index in [1.54, 1.807) is 19.2 Å². The van der Waals surface area contributed by atoms with Crippen LogP contribution in [0, 0.1) is 0 Å². The standard InChI is InChI=1S/C14H17N3O5S/c1-17-13(14(18)19)12(9-15-17)16-23(20,21)11-5-3-10(4-6-11)7-8-22-2/h3-6,9,16H,7-8H2,1-2H3,(H,18,19). The number of ether oxygens (including phenoxy) is 1. The Kier molecular flexibility index (Phi) is 5.02. The third-order valence-corrected chi connectivity index (χ3v) is 4.60. The Morgan fingerprint density at radius 3 is 2.57 bits per heavy atom. The molecule has 0 aliphatic heterocycles. The van der Waals surface area contributed by atoms with Crippen molar-refractivity contribution in [2.45, 2.75) is 11.3 Å². The van der Waals surface area contributed by atoms with E-state index in [1.165, 1.54) is 19.2 Å². The minimum Gasteiger partial charge on any atom is -0.476 e. The Bertz CT molecular complexity index is 796. The number of methoxy groups -OCH3 is 1. The molecular weight excluding hydrogens is 322 g/mol. The monoisotopic (exact) mass is 339 g/mol. The van der Waals surface area contributed by atoms with Crippen molar-refractivity contribution >= 4 is 21.7 Å². The van der Waals surface area contributed by atoms with Gasteiger partial charge in [-0.2, -0.15) is 5.10 Å². The molecule has 0 radical (unpaired) electrons. The first-order valence-corrected chi connectivity index (χ1v) is 8.19. The zero-order valence-corrected chi connectivity index (χ0v) is 13.5. The maximum Gasteiger partial charge on any atom is 0.356 e. The summed E-state index contributed by atoms with van der Waals surface area (Å²) >= 11 is 0. The van der Waals surface area contributed by atoms with Gasteiger partial charge in [0.2, 0.25) is 0 Å². The molecule has 0 saturated heterocycles. The number of aromatic nitrogens is 2. The molecule has 1 aromatic carbocycles. The average Bonchev–Trinajstić information content (AvgIpc) is 2.85. The van der Waals surface area contributed by atoms with E-state index in [-0.39, 0.29) is 16.3 Å². The van der Waals surface area contributed by atoms with Crippen molar-refractivity contribution in [3.8, 4) is 0 Å². The Labute approximate surface area is 133 Å². The van der Waals surface area contributed by atoms with Crippen LogP contribution >= 0.6 is 0 Å². The molecule has 124 valence electrons. The van der Waals surface area contributed by atoms with Gasteiger partial charge in [-0.25, -0.2) is 13.2 Å². The van der Waals surface area contributed by atoms with Crippen molar-refractivity contribution in [2.75, 3.05) is 18.4 Å². The number of aryl methyl sites for hydroxylation is 1. The van der Waals surface area contributed by atoms with Gasteiger partial charge in [-0.15, -0.1) is 0 Å². The number of aromatic carboxylic acids is 1. The van der Waals surface area contributed by atoms with Crippen molar-refractivity contribution in [3.05, 3.63) is 41.7 Å². The molecule has 0 unspecified atom stereocenters. The van der Waals surface area contributed by atoms with E-state index in [1.807, 2.05) is 0 Å². The predicted octanol–water partition coefficient (Wildman–Crippen LogP) is 1.11. The van der Waals surface area contributed by atoms with E-state index in [4.69, 9.17) is 9.84 Å². The van der Waals surface area contributed by atoms with E-state index in [0.717, 1.165) is 16.4 Å². The molecule has 0 fully saturated rings. The predicted molar refractivity (Wildman–Crippen MR) is 83.0 cm³/mol. The quantitative estimate of drug-likeness (QED) is 0.782. The van der Waals surface area contributed by atoms with Gasteiger partial charge in [0.25, 0.3) is 10.0 Å². The zero-order chi connectivity index (χ0) is 17.0. The van der Waals surface area contributed by atoms with Gasteiger partial charge in [-0.1, -0.05) is 12.1 Å². The summed E-state index contributed by atoms with van der Waals surface area (Å²) in [5.41, 5.74) is 0.632. The topological polar surface area (TPSA) is 111 Å². The lowest BCUT2D eigenvalue weighted by Crippen LogP contribution is -2.16. The highest BCUT2D eigenvalue weighted by molar-refractivity contribution is 7.92. The molecule has 0 spiro atoms. The summed E-state index contributed by atoms with van der Waals surface area (Å²) in [5, 5.41) is 12.9. The van der Waals surface area contributed by atoms with Crippen LogP contribution in [0.25, 0.3) is 0 Å². The fraction of sp³-hybridized carbons (Fsp3) is 0.286. The summed E-state index contributed by atoms with van der Waals surface area (Å²) in [4.78, 5) is 11.2. The number of carbonyl (C=O) groups is 1. The second kappa shape index (κ2) is 6.80. The van der Waals surface area contributed by atoms with Crippen LogP contribution in [0.15, 0.2) is 35.4 Å². The van der Waals surface area contributed by atoms with Gasteiger partial charge < -0.3 is 9.84 Å². The van der Waals surface area contributed by atoms with Gasteiger partial charge in [-0.05, 0) is 24.1 Å². The Morgan fingerprint density at radius 2 is 2.00 bits per heavy atom. The summed E-state index contributed by atoms with van der Waals surface area (Å²) in [7, 11) is -0.875. The fourth-order valence-corrected chi connectivity index (χ4v) is 3.08. The Hall–Kier alpha value is -2.39. The van der Waals surface area contributed by atoms with Crippen LogP contribution in [0.4, 0.5) is 5.69 Å². The molecular formula is C14H17N3O5S. The molecule has 0 amide bonds. The van der Waals surface area contributed by atoms with E-state index < -0.39 is 16.0 Å². The number of hydrogen-bond acceptors (Lipinski definition) is 5. The first-order valence-electron chi connectivity index (χ1n) is 6.71. The largest absolute Gasteiger partial charge is 0.476 e. The number of sulfonamides is 1. The number of carboxylic acid groups (broad SMARTS) is 1. The number of benzene rings is 1. The van der Waals surface area contributed by atoms with Crippen LogP contribution in [0.1, 0.15) is 16.1 Å². The summed E-state index contributed by atoms with van der Waals surface area (Å²) in [6.07, 6.45) is 1.84. The number of carboxylic acids is 1. The lowest BCUT2D eigenvalue weighted by Gasteiger charge is -2.08. The summed E-state index contributed by atoms with van der Waals surface area (Å²) in [5.74, 6) is -1.27. The minimum absolute atomic E-state index is 0.0406. The molecule has 0 bridgehead atoms. The SMILES string of the molecule is COCCc1ccc(S(=O)(=O)Nc2cnn(C)c2C(=O)O)cc1. The molecule has 1 aromatic heterocycles. The van der Waals surface area contributed by atoms with Gasteiger partial charge in [0, 0.05) is 14.2 Å². The van der Waals surface area contributed by atoms with Gasteiger partial charge in [-0.3, -0.25) is 9.40 Å². The molecule has 8 nitrogen and oxygen atoms in total. The van der Waals surface area contributed by atoms with Crippen molar-refractivity contribution in [3.63, 3.8) is 0 Å². The molecule has 0 aliphatic rings. The Balaban J connectivity index is 2.24. The molecule has 9 heteroatoms. The van der Waals surface area contributed by atoms with E-state index in [0.29, 0.717) is 13.0 Å². The molecule has 2 N–H and O–H groups in total. The van der Waals surface area contributed by atoms with Crippen LogP contribution in [0.3, 0.4) is 0 Å². The van der Waals surface area contributed by atoms with Crippen molar-refractivity contribution in [1.82, 2.24) is 9.78 Å². The van der Waals surface area contributed by atoms with Crippen molar-refractivity contribution in [2.24, 2.45) is 7.05 Å². The maximum atomic E-state index is 12.3. The van der Waals surface area contributed by atoms with Crippen molar-refractivity contribution < 1.29 is 23.1 Å². The van der Waals surface area contributed by atoms with Crippen LogP contribution in [0.2, 0.25) is 0 Å². The molecule has 0 aliphatic carbocycles. The first-order chi connectivity index (χ1) is 10.8. The minimum atomic E-state index is -3.89. The van der Waals surface area contributed by atoms with Gasteiger partial charge in [0.05, 0.1) is 17.7 Å². The van der Waals surface area contributed by atoms with Crippen LogP contribution < -0.4 is 4.72 Å². The van der Waals surface area contributed by atoms with Crippen LogP contribution in [0.5, 0.6) is 0 Å². The number of anilines is 1. The third-order valence-electron chi connectivity index (χ3n) is 3.21. The normalized spacial score (nSPS) is 11.4. The number of hydrogen-bond donors (Lipinski definition) is 2. The highest BCUT2D eigenvalue weighted by Gasteiger charge is 2.21. The van der Waals surface area contributed by atoms with Gasteiger partial charge in [0.1, 0.15) is 5.69 Å². The lowest BCUT2D eigenvalue weighted by molar-refractivity contribution is 0.0686. The summed E-state index contributed by atoms with van der Waals surface area (Å²) in [6, 6.07) is 6.30. The number of rotatable bonds is 7. The van der Waals surface area contributed by atoms with Gasteiger partial charge >= 0.3 is 5.97 Å². The lowest BCUT2D eigenvalue weighted by atomic mass is 10.2. The van der Waals surface area contributed by atoms with E-state index in [9.17, 15) is 13.2 Å². The molecule has 23 heavy (non-hydrogen) atoms. The average molecular weight is 339 g/mol. The second-order valence-electron chi connectivity index (χ2n) is 4.83. The van der Waals surface area contributed by atoms with Crippen molar-refractivity contribution in [1.29, 1.82) is 0 Å². The highest BCUT2D eigenvalue weighted by atomic mass is 32.2. The fourth-order valence-electron chi connectivity index (χ4n) is 2.02. The van der Waals surface area contributed by atoms with E-state index in [2.05, 4.69) is 9.82 Å². The van der Waals surface area contributed by atoms with Crippen LogP contribution in [-0.4, -0.2) is 43.0 Å². The smallest absolute Gasteiger partial charge is 0.356 e. The summed E-state index contributed by atoms with van der Waals surface area (Å²) < 4.78 is 33.0. The number of nitrogens with one attached hydrogen (secondary N) is 1. The Morgan fingerprint density at radius 1 is 1.35 bits per heavy atom. The summed E-state index contributed by atoms with van der Waals surface area (Å²) in [6.45, 7) is 0.544. The first kappa shape index (κ1) is 17.0. The number of nitrogens with zero attached hydrogens (tertiary/aromatic N) is 2. The van der Waals surface area contributed by atoms with Crippen LogP contribution in [-0.2, 0) is 28.2 Å². The molecule has 2 aromatic rings. The second-order valence-corrected chi connectivity index (χ2v) is 6.51. The highest BCUT2D eigenvalue weighted by Crippen LogP contribution is 2.20. The molecule has 0 saturated carbocycles. The third kappa shape index (κ3) is 3.88. The molecule has 0 atom stereocenters. The molecule has 2 rings (SSSR count). The maximum absolute atomic E-state index is 12.3. The van der Waals surface area contributed by atoms with Gasteiger partial charge in [0.15, 0.2) is 5.69 Å².